The number of hydrogen-bond acceptors (Lipinski definition) is 4. The first kappa shape index (κ1) is 11.5. The Morgan fingerprint density at radius 3 is 2.83 bits per heavy atom. The van der Waals surface area contributed by atoms with Gasteiger partial charge in [0.15, 0.2) is 0 Å². The van der Waals surface area contributed by atoms with Gasteiger partial charge < -0.3 is 14.8 Å². The Balaban J connectivity index is 1.71. The van der Waals surface area contributed by atoms with Gasteiger partial charge in [-0.3, -0.25) is 0 Å². The van der Waals surface area contributed by atoms with Crippen LogP contribution in [0.1, 0.15) is 37.5 Å². The molecule has 0 atom stereocenters. The third-order valence-corrected chi connectivity index (χ3v) is 3.77. The van der Waals surface area contributed by atoms with Crippen molar-refractivity contribution in [2.75, 3.05) is 7.05 Å². The summed E-state index contributed by atoms with van der Waals surface area (Å²) in [7, 11) is 2.03. The molecule has 2 N–H and O–H groups in total. The van der Waals surface area contributed by atoms with E-state index in [-0.39, 0.29) is 0 Å². The molecule has 5 nitrogen and oxygen atoms in total. The molecule has 2 aromatic rings. The van der Waals surface area contributed by atoms with E-state index >= 15 is 0 Å². The van der Waals surface area contributed by atoms with Crippen LogP contribution in [0.5, 0.6) is 0 Å². The van der Waals surface area contributed by atoms with Gasteiger partial charge in [-0.05, 0) is 44.9 Å². The molecule has 1 aliphatic carbocycles. The molecule has 1 aliphatic rings. The van der Waals surface area contributed by atoms with Crippen LogP contribution in [0.25, 0.3) is 11.5 Å². The minimum atomic E-state index is 0.422. The van der Waals surface area contributed by atoms with E-state index in [1.807, 2.05) is 25.4 Å². The quantitative estimate of drug-likeness (QED) is 0.872. The van der Waals surface area contributed by atoms with Crippen LogP contribution in [0.15, 0.2) is 22.9 Å². The second kappa shape index (κ2) is 4.94. The molecule has 2 heterocycles. The van der Waals surface area contributed by atoms with Crippen molar-refractivity contribution in [1.29, 1.82) is 0 Å². The topological polar surface area (TPSA) is 66.7 Å². The van der Waals surface area contributed by atoms with Gasteiger partial charge in [0.2, 0.25) is 11.7 Å². The molecule has 0 radical (unpaired) electrons. The predicted octanol–water partition coefficient (Wildman–Crippen LogP) is 2.31. The van der Waals surface area contributed by atoms with Crippen LogP contribution < -0.4 is 5.32 Å². The fourth-order valence-corrected chi connectivity index (χ4v) is 2.61. The average molecular weight is 246 g/mol. The molecule has 5 heteroatoms. The molecule has 1 saturated carbocycles. The molecule has 0 unspecified atom stereocenters. The van der Waals surface area contributed by atoms with Crippen molar-refractivity contribution in [3.05, 3.63) is 24.2 Å². The first-order valence-corrected chi connectivity index (χ1v) is 6.51. The molecular formula is C13H18N4O. The van der Waals surface area contributed by atoms with Crippen molar-refractivity contribution >= 4 is 0 Å². The first-order valence-electron chi connectivity index (χ1n) is 6.51. The van der Waals surface area contributed by atoms with Crippen LogP contribution in [0.3, 0.4) is 0 Å². The second-order valence-corrected chi connectivity index (χ2v) is 4.88. The zero-order chi connectivity index (χ0) is 12.4. The first-order chi connectivity index (χ1) is 8.86. The maximum atomic E-state index is 5.40. The number of aromatic nitrogens is 3. The highest BCUT2D eigenvalue weighted by Crippen LogP contribution is 2.32. The van der Waals surface area contributed by atoms with E-state index in [0.717, 1.165) is 24.4 Å². The minimum Gasteiger partial charge on any atom is -0.359 e. The fourth-order valence-electron chi connectivity index (χ4n) is 2.61. The van der Waals surface area contributed by atoms with E-state index in [4.69, 9.17) is 4.52 Å². The van der Waals surface area contributed by atoms with Crippen molar-refractivity contribution in [3.63, 3.8) is 0 Å². The normalized spacial score (nSPS) is 24.3. The highest BCUT2D eigenvalue weighted by molar-refractivity contribution is 5.47. The largest absolute Gasteiger partial charge is 0.359 e. The highest BCUT2D eigenvalue weighted by atomic mass is 16.5. The lowest BCUT2D eigenvalue weighted by atomic mass is 9.86. The van der Waals surface area contributed by atoms with Gasteiger partial charge in [0.25, 0.3) is 0 Å². The summed E-state index contributed by atoms with van der Waals surface area (Å²) in [6.45, 7) is 0. The SMILES string of the molecule is CNC1CCC(c2nc(-c3ccc[nH]3)no2)CC1. The summed E-state index contributed by atoms with van der Waals surface area (Å²) in [6, 6.07) is 4.53. The van der Waals surface area contributed by atoms with E-state index in [9.17, 15) is 0 Å². The van der Waals surface area contributed by atoms with Crippen molar-refractivity contribution in [3.8, 4) is 11.5 Å². The van der Waals surface area contributed by atoms with Gasteiger partial charge in [-0.2, -0.15) is 4.98 Å². The summed E-state index contributed by atoms with van der Waals surface area (Å²) in [6.07, 6.45) is 6.47. The van der Waals surface area contributed by atoms with Crippen LogP contribution in [0.4, 0.5) is 0 Å². The molecule has 3 rings (SSSR count). The molecule has 1 fully saturated rings. The van der Waals surface area contributed by atoms with Gasteiger partial charge in [0.1, 0.15) is 0 Å². The maximum absolute atomic E-state index is 5.40. The summed E-state index contributed by atoms with van der Waals surface area (Å²) in [5.74, 6) is 1.87. The lowest BCUT2D eigenvalue weighted by Gasteiger charge is -2.25. The third kappa shape index (κ3) is 2.18. The monoisotopic (exact) mass is 246 g/mol. The van der Waals surface area contributed by atoms with Crippen LogP contribution in [-0.2, 0) is 0 Å². The van der Waals surface area contributed by atoms with Crippen LogP contribution in [-0.4, -0.2) is 28.2 Å². The Labute approximate surface area is 106 Å². The van der Waals surface area contributed by atoms with Crippen LogP contribution in [0.2, 0.25) is 0 Å². The summed E-state index contributed by atoms with van der Waals surface area (Å²) < 4.78 is 5.40. The number of aromatic amines is 1. The summed E-state index contributed by atoms with van der Waals surface area (Å²) in [5.41, 5.74) is 0.911. The highest BCUT2D eigenvalue weighted by Gasteiger charge is 2.25. The molecule has 0 aliphatic heterocycles. The van der Waals surface area contributed by atoms with Crippen LogP contribution in [0, 0.1) is 0 Å². The summed E-state index contributed by atoms with van der Waals surface area (Å²) in [4.78, 5) is 7.59. The van der Waals surface area contributed by atoms with Crippen molar-refractivity contribution in [1.82, 2.24) is 20.4 Å². The van der Waals surface area contributed by atoms with E-state index in [1.165, 1.54) is 12.8 Å². The standard InChI is InChI=1S/C13H18N4O/c1-14-10-6-4-9(5-7-10)13-16-12(17-18-13)11-3-2-8-15-11/h2-3,8-10,14-15H,4-7H2,1H3. The van der Waals surface area contributed by atoms with E-state index in [1.54, 1.807) is 0 Å². The number of H-pyrrole nitrogens is 1. The maximum Gasteiger partial charge on any atom is 0.230 e. The van der Waals surface area contributed by atoms with Gasteiger partial charge in [0, 0.05) is 18.2 Å². The van der Waals surface area contributed by atoms with Gasteiger partial charge in [-0.1, -0.05) is 5.16 Å². The van der Waals surface area contributed by atoms with Gasteiger partial charge in [-0.15, -0.1) is 0 Å². The Kier molecular flexibility index (Phi) is 3.15. The molecule has 0 aromatic carbocycles. The predicted molar refractivity (Wildman–Crippen MR) is 68.1 cm³/mol. The van der Waals surface area contributed by atoms with Crippen LogP contribution >= 0.6 is 0 Å². The van der Waals surface area contributed by atoms with E-state index < -0.39 is 0 Å². The van der Waals surface area contributed by atoms with Crippen molar-refractivity contribution < 1.29 is 4.52 Å². The molecule has 0 amide bonds. The van der Waals surface area contributed by atoms with E-state index in [2.05, 4.69) is 20.4 Å². The molecule has 0 saturated heterocycles. The number of nitrogens with one attached hydrogen (secondary N) is 2. The lowest BCUT2D eigenvalue weighted by molar-refractivity contribution is 0.288. The fraction of sp³-hybridized carbons (Fsp3) is 0.538. The van der Waals surface area contributed by atoms with E-state index in [0.29, 0.717) is 17.8 Å². The Morgan fingerprint density at radius 2 is 2.17 bits per heavy atom. The lowest BCUT2D eigenvalue weighted by Crippen LogP contribution is -2.29. The molecule has 18 heavy (non-hydrogen) atoms. The summed E-state index contributed by atoms with van der Waals surface area (Å²) >= 11 is 0. The molecule has 2 aromatic heterocycles. The van der Waals surface area contributed by atoms with Crippen molar-refractivity contribution in [2.45, 2.75) is 37.6 Å². The van der Waals surface area contributed by atoms with Crippen molar-refractivity contribution in [2.24, 2.45) is 0 Å². The zero-order valence-corrected chi connectivity index (χ0v) is 10.5. The third-order valence-electron chi connectivity index (χ3n) is 3.77. The zero-order valence-electron chi connectivity index (χ0n) is 10.5. The Bertz CT molecular complexity index is 483. The van der Waals surface area contributed by atoms with Gasteiger partial charge in [-0.25, -0.2) is 0 Å². The summed E-state index contributed by atoms with van der Waals surface area (Å²) in [5, 5.41) is 7.37. The number of hydrogen-bond donors (Lipinski definition) is 2. The number of rotatable bonds is 3. The number of nitrogens with zero attached hydrogens (tertiary/aromatic N) is 2. The smallest absolute Gasteiger partial charge is 0.230 e. The minimum absolute atomic E-state index is 0.422. The van der Waals surface area contributed by atoms with Gasteiger partial charge in [0.05, 0.1) is 5.69 Å². The molecule has 0 spiro atoms. The van der Waals surface area contributed by atoms with Gasteiger partial charge >= 0.3 is 0 Å². The molecule has 0 bridgehead atoms. The molecule has 96 valence electrons. The molecular weight excluding hydrogens is 228 g/mol. The average Bonchev–Trinajstić information content (AvgIpc) is 3.09. The Morgan fingerprint density at radius 1 is 1.33 bits per heavy atom. The second-order valence-electron chi connectivity index (χ2n) is 4.88. The Hall–Kier alpha value is -1.62.